The standard InChI is InChI=1S/C13H17BrN2O2S/c14-12-3-1-2-4-13(12)19(17,18)16-11-7-9-5-6-10(8-11)15-9/h1-4,9-11,15-16H,5-8H2. The Morgan fingerprint density at radius 3 is 2.42 bits per heavy atom. The van der Waals surface area contributed by atoms with E-state index in [0.717, 1.165) is 25.7 Å². The van der Waals surface area contributed by atoms with Crippen molar-refractivity contribution >= 4 is 26.0 Å². The number of hydrogen-bond acceptors (Lipinski definition) is 3. The summed E-state index contributed by atoms with van der Waals surface area (Å²) in [5.41, 5.74) is 0. The van der Waals surface area contributed by atoms with Crippen LogP contribution < -0.4 is 10.0 Å². The molecule has 0 amide bonds. The highest BCUT2D eigenvalue weighted by Gasteiger charge is 2.35. The van der Waals surface area contributed by atoms with Crippen molar-refractivity contribution in [1.82, 2.24) is 10.0 Å². The Kier molecular flexibility index (Phi) is 3.68. The average molecular weight is 345 g/mol. The molecule has 2 N–H and O–H groups in total. The van der Waals surface area contributed by atoms with Crippen LogP contribution in [0.1, 0.15) is 25.7 Å². The zero-order valence-electron chi connectivity index (χ0n) is 10.5. The summed E-state index contributed by atoms with van der Waals surface area (Å²) in [6, 6.07) is 7.94. The Bertz CT molecular complexity index is 564. The van der Waals surface area contributed by atoms with Crippen LogP contribution in [0.2, 0.25) is 0 Å². The lowest BCUT2D eigenvalue weighted by Crippen LogP contribution is -2.47. The Morgan fingerprint density at radius 2 is 1.79 bits per heavy atom. The van der Waals surface area contributed by atoms with Crippen molar-refractivity contribution in [2.45, 2.75) is 48.7 Å². The highest BCUT2D eigenvalue weighted by atomic mass is 79.9. The van der Waals surface area contributed by atoms with Crippen LogP contribution >= 0.6 is 15.9 Å². The molecule has 2 aliphatic heterocycles. The number of nitrogens with one attached hydrogen (secondary N) is 2. The van der Waals surface area contributed by atoms with Gasteiger partial charge < -0.3 is 5.32 Å². The second-order valence-corrected chi connectivity index (χ2v) is 7.89. The molecule has 0 radical (unpaired) electrons. The monoisotopic (exact) mass is 344 g/mol. The minimum atomic E-state index is -3.43. The molecule has 1 aromatic rings. The molecule has 4 nitrogen and oxygen atoms in total. The van der Waals surface area contributed by atoms with Gasteiger partial charge in [-0.25, -0.2) is 13.1 Å². The van der Waals surface area contributed by atoms with Gasteiger partial charge in [-0.15, -0.1) is 0 Å². The van der Waals surface area contributed by atoms with Gasteiger partial charge in [0.2, 0.25) is 10.0 Å². The predicted molar refractivity (Wildman–Crippen MR) is 77.4 cm³/mol. The molecule has 2 aliphatic rings. The van der Waals surface area contributed by atoms with E-state index in [1.807, 2.05) is 6.07 Å². The Morgan fingerprint density at radius 1 is 1.16 bits per heavy atom. The van der Waals surface area contributed by atoms with Crippen LogP contribution in [-0.2, 0) is 10.0 Å². The number of piperidine rings is 1. The Balaban J connectivity index is 1.77. The average Bonchev–Trinajstić information content (AvgIpc) is 2.68. The second kappa shape index (κ2) is 5.16. The summed E-state index contributed by atoms with van der Waals surface area (Å²) in [7, 11) is -3.43. The maximum atomic E-state index is 12.4. The van der Waals surface area contributed by atoms with Crippen LogP contribution in [0.4, 0.5) is 0 Å². The third-order valence-corrected chi connectivity index (χ3v) is 6.45. The van der Waals surface area contributed by atoms with Crippen LogP contribution in [0.3, 0.4) is 0 Å². The molecule has 2 unspecified atom stereocenters. The van der Waals surface area contributed by atoms with Crippen molar-refractivity contribution in [3.05, 3.63) is 28.7 Å². The Labute approximate surface area is 122 Å². The summed E-state index contributed by atoms with van der Waals surface area (Å²) in [4.78, 5) is 0.320. The third-order valence-electron chi connectivity index (χ3n) is 3.92. The molecule has 0 spiro atoms. The van der Waals surface area contributed by atoms with Crippen LogP contribution in [0, 0.1) is 0 Å². The normalized spacial score (nSPS) is 30.5. The van der Waals surface area contributed by atoms with E-state index in [1.165, 1.54) is 0 Å². The van der Waals surface area contributed by atoms with E-state index in [4.69, 9.17) is 0 Å². The van der Waals surface area contributed by atoms with E-state index in [2.05, 4.69) is 26.0 Å². The van der Waals surface area contributed by atoms with Gasteiger partial charge in [0.25, 0.3) is 0 Å². The van der Waals surface area contributed by atoms with E-state index >= 15 is 0 Å². The second-order valence-electron chi connectivity index (χ2n) is 5.36. The molecule has 1 aromatic carbocycles. The van der Waals surface area contributed by atoms with Gasteiger partial charge in [0.1, 0.15) is 0 Å². The maximum absolute atomic E-state index is 12.4. The number of benzene rings is 1. The van der Waals surface area contributed by atoms with E-state index < -0.39 is 10.0 Å². The molecule has 0 saturated carbocycles. The van der Waals surface area contributed by atoms with Crippen molar-refractivity contribution in [3.8, 4) is 0 Å². The SMILES string of the molecule is O=S(=O)(NC1CC2CCC(C1)N2)c1ccccc1Br. The van der Waals surface area contributed by atoms with Crippen molar-refractivity contribution in [2.24, 2.45) is 0 Å². The lowest BCUT2D eigenvalue weighted by molar-refractivity contribution is 0.345. The molecule has 3 rings (SSSR count). The quantitative estimate of drug-likeness (QED) is 0.881. The fourth-order valence-electron chi connectivity index (χ4n) is 3.10. The van der Waals surface area contributed by atoms with Gasteiger partial charge in [-0.05, 0) is 53.7 Å². The molecule has 0 aromatic heterocycles. The topological polar surface area (TPSA) is 58.2 Å². The summed E-state index contributed by atoms with van der Waals surface area (Å²) in [5, 5.41) is 3.51. The highest BCUT2D eigenvalue weighted by Crippen LogP contribution is 2.28. The zero-order valence-corrected chi connectivity index (χ0v) is 12.9. The molecule has 2 atom stereocenters. The summed E-state index contributed by atoms with van der Waals surface area (Å²) in [6.45, 7) is 0. The zero-order chi connectivity index (χ0) is 13.5. The van der Waals surface area contributed by atoms with E-state index in [-0.39, 0.29) is 6.04 Å². The maximum Gasteiger partial charge on any atom is 0.241 e. The third kappa shape index (κ3) is 2.86. The minimum Gasteiger partial charge on any atom is -0.311 e. The summed E-state index contributed by atoms with van der Waals surface area (Å²) in [6.07, 6.45) is 4.11. The van der Waals surface area contributed by atoms with Crippen molar-refractivity contribution in [3.63, 3.8) is 0 Å². The van der Waals surface area contributed by atoms with E-state index in [9.17, 15) is 8.42 Å². The molecular formula is C13H17BrN2O2S. The van der Waals surface area contributed by atoms with Gasteiger partial charge in [-0.1, -0.05) is 12.1 Å². The Hall–Kier alpha value is -0.430. The van der Waals surface area contributed by atoms with E-state index in [0.29, 0.717) is 21.5 Å². The summed E-state index contributed by atoms with van der Waals surface area (Å²) >= 11 is 3.30. The van der Waals surface area contributed by atoms with Crippen LogP contribution in [0.15, 0.2) is 33.6 Å². The summed E-state index contributed by atoms with van der Waals surface area (Å²) < 4.78 is 28.3. The number of halogens is 1. The van der Waals surface area contributed by atoms with Gasteiger partial charge in [0.15, 0.2) is 0 Å². The van der Waals surface area contributed by atoms with Crippen LogP contribution in [0.5, 0.6) is 0 Å². The van der Waals surface area contributed by atoms with E-state index in [1.54, 1.807) is 18.2 Å². The predicted octanol–water partition coefficient (Wildman–Crippen LogP) is 2.01. The molecule has 2 fully saturated rings. The van der Waals surface area contributed by atoms with Gasteiger partial charge in [0, 0.05) is 22.6 Å². The molecular weight excluding hydrogens is 328 g/mol. The van der Waals surface area contributed by atoms with Crippen molar-refractivity contribution in [2.75, 3.05) is 0 Å². The fraction of sp³-hybridized carbons (Fsp3) is 0.538. The largest absolute Gasteiger partial charge is 0.311 e. The number of fused-ring (bicyclic) bond motifs is 2. The van der Waals surface area contributed by atoms with Crippen LogP contribution in [0.25, 0.3) is 0 Å². The minimum absolute atomic E-state index is 0.0517. The van der Waals surface area contributed by atoms with Gasteiger partial charge in [-0.3, -0.25) is 0 Å². The first-order valence-electron chi connectivity index (χ1n) is 6.57. The smallest absolute Gasteiger partial charge is 0.241 e. The lowest BCUT2D eigenvalue weighted by Gasteiger charge is -2.29. The van der Waals surface area contributed by atoms with Crippen LogP contribution in [-0.4, -0.2) is 26.5 Å². The first-order chi connectivity index (χ1) is 9.04. The highest BCUT2D eigenvalue weighted by molar-refractivity contribution is 9.10. The van der Waals surface area contributed by atoms with Gasteiger partial charge >= 0.3 is 0 Å². The first kappa shape index (κ1) is 13.5. The first-order valence-corrected chi connectivity index (χ1v) is 8.85. The molecule has 19 heavy (non-hydrogen) atoms. The van der Waals surface area contributed by atoms with Crippen molar-refractivity contribution < 1.29 is 8.42 Å². The summed E-state index contributed by atoms with van der Waals surface area (Å²) in [5.74, 6) is 0. The lowest BCUT2D eigenvalue weighted by atomic mass is 10.0. The number of hydrogen-bond donors (Lipinski definition) is 2. The molecule has 104 valence electrons. The number of sulfonamides is 1. The van der Waals surface area contributed by atoms with Crippen molar-refractivity contribution in [1.29, 1.82) is 0 Å². The molecule has 2 bridgehead atoms. The molecule has 6 heteroatoms. The molecule has 2 saturated heterocycles. The molecule has 0 aliphatic carbocycles. The molecule has 2 heterocycles. The number of rotatable bonds is 3. The fourth-order valence-corrected chi connectivity index (χ4v) is 5.36. The van der Waals surface area contributed by atoms with Gasteiger partial charge in [0.05, 0.1) is 4.90 Å². The van der Waals surface area contributed by atoms with Gasteiger partial charge in [-0.2, -0.15) is 0 Å².